The number of hydrogen-bond donors (Lipinski definition) is 0. The summed E-state index contributed by atoms with van der Waals surface area (Å²) < 4.78 is 0. The molecule has 0 N–H and O–H groups in total. The van der Waals surface area contributed by atoms with Crippen LogP contribution in [-0.4, -0.2) is 34.2 Å². The molecule has 0 aliphatic carbocycles. The Hall–Kier alpha value is -2.49. The van der Waals surface area contributed by atoms with E-state index < -0.39 is 0 Å². The molecule has 2 atom stereocenters. The highest BCUT2D eigenvalue weighted by Crippen LogP contribution is 2.28. The van der Waals surface area contributed by atoms with Crippen molar-refractivity contribution in [3.05, 3.63) is 65.5 Å². The van der Waals surface area contributed by atoms with E-state index in [1.165, 1.54) is 0 Å². The smallest absolute Gasteiger partial charge is 0.230 e. The normalized spacial score (nSPS) is 18.2. The van der Waals surface area contributed by atoms with Crippen molar-refractivity contribution in [2.75, 3.05) is 6.54 Å². The molecule has 1 aromatic carbocycles. The largest absolute Gasteiger partial charge is 0.339 e. The van der Waals surface area contributed by atoms with Gasteiger partial charge in [-0.25, -0.2) is 0 Å². The molecule has 4 nitrogen and oxygen atoms in total. The number of benzene rings is 1. The molecular formula is C21H24N2O2. The number of rotatable bonds is 5. The van der Waals surface area contributed by atoms with Crippen molar-refractivity contribution in [1.29, 1.82) is 0 Å². The summed E-state index contributed by atoms with van der Waals surface area (Å²) in [6.07, 6.45) is 5.77. The molecule has 0 saturated carbocycles. The minimum atomic E-state index is -0.213. The van der Waals surface area contributed by atoms with Crippen LogP contribution < -0.4 is 0 Å². The molecule has 2 unspecified atom stereocenters. The van der Waals surface area contributed by atoms with Crippen molar-refractivity contribution >= 4 is 11.7 Å². The molecule has 1 fully saturated rings. The number of hydrogen-bond acceptors (Lipinski definition) is 3. The quantitative estimate of drug-likeness (QED) is 0.781. The standard InChI is InChI=1S/C21H24N2O2/c1-15-14-22-11-10-19(15)16(2)21(25)23-12-6-9-18(23)13-20(24)17-7-4-3-5-8-17/h3-5,7-8,10-11,14,16,18H,6,9,12-13H2,1-2H3. The number of pyridine rings is 1. The maximum atomic E-state index is 13.0. The molecule has 25 heavy (non-hydrogen) atoms. The van der Waals surface area contributed by atoms with E-state index in [4.69, 9.17) is 0 Å². The maximum Gasteiger partial charge on any atom is 0.230 e. The summed E-state index contributed by atoms with van der Waals surface area (Å²) in [6.45, 7) is 4.66. The molecule has 1 aliphatic rings. The van der Waals surface area contributed by atoms with Gasteiger partial charge in [0.05, 0.1) is 5.92 Å². The first-order valence-electron chi connectivity index (χ1n) is 8.87. The third kappa shape index (κ3) is 3.78. The minimum Gasteiger partial charge on any atom is -0.339 e. The molecular weight excluding hydrogens is 312 g/mol. The Kier molecular flexibility index (Phi) is 5.27. The van der Waals surface area contributed by atoms with Crippen LogP contribution in [0.2, 0.25) is 0 Å². The van der Waals surface area contributed by atoms with Gasteiger partial charge in [-0.15, -0.1) is 0 Å². The Balaban J connectivity index is 1.72. The number of nitrogens with zero attached hydrogens (tertiary/aromatic N) is 2. The number of aryl methyl sites for hydroxylation is 1. The van der Waals surface area contributed by atoms with Gasteiger partial charge >= 0.3 is 0 Å². The summed E-state index contributed by atoms with van der Waals surface area (Å²) in [4.78, 5) is 31.5. The summed E-state index contributed by atoms with van der Waals surface area (Å²) in [6, 6.07) is 11.3. The lowest BCUT2D eigenvalue weighted by atomic mass is 9.95. The minimum absolute atomic E-state index is 0.00444. The lowest BCUT2D eigenvalue weighted by Crippen LogP contribution is -2.39. The number of amides is 1. The number of likely N-dealkylation sites (tertiary alicyclic amines) is 1. The highest BCUT2D eigenvalue weighted by molar-refractivity contribution is 5.96. The van der Waals surface area contributed by atoms with Crippen LogP contribution in [0.1, 0.15) is 53.6 Å². The average Bonchev–Trinajstić information content (AvgIpc) is 3.09. The Morgan fingerprint density at radius 3 is 2.72 bits per heavy atom. The molecule has 1 amide bonds. The Labute approximate surface area is 148 Å². The van der Waals surface area contributed by atoms with E-state index in [0.717, 1.165) is 36.1 Å². The van der Waals surface area contributed by atoms with Gasteiger partial charge in [0, 0.05) is 37.0 Å². The third-order valence-electron chi connectivity index (χ3n) is 5.08. The van der Waals surface area contributed by atoms with Gasteiger partial charge in [0.15, 0.2) is 5.78 Å². The van der Waals surface area contributed by atoms with Crippen LogP contribution in [0.15, 0.2) is 48.8 Å². The van der Waals surface area contributed by atoms with Crippen LogP contribution in [-0.2, 0) is 4.79 Å². The Bertz CT molecular complexity index is 758. The first kappa shape index (κ1) is 17.3. The summed E-state index contributed by atoms with van der Waals surface area (Å²) in [5.74, 6) is 0.00568. The van der Waals surface area contributed by atoms with Gasteiger partial charge in [0.25, 0.3) is 0 Å². The second kappa shape index (κ2) is 7.60. The summed E-state index contributed by atoms with van der Waals surface area (Å²) in [5, 5.41) is 0. The lowest BCUT2D eigenvalue weighted by Gasteiger charge is -2.28. The zero-order valence-corrected chi connectivity index (χ0v) is 14.8. The molecule has 1 saturated heterocycles. The van der Waals surface area contributed by atoms with E-state index in [1.54, 1.807) is 12.4 Å². The van der Waals surface area contributed by atoms with Crippen LogP contribution in [0.25, 0.3) is 0 Å². The molecule has 3 rings (SSSR count). The van der Waals surface area contributed by atoms with Crippen LogP contribution in [0.4, 0.5) is 0 Å². The van der Waals surface area contributed by atoms with E-state index in [2.05, 4.69) is 4.98 Å². The van der Waals surface area contributed by atoms with Gasteiger partial charge in [-0.3, -0.25) is 14.6 Å². The molecule has 130 valence electrons. The van der Waals surface area contributed by atoms with Crippen molar-refractivity contribution in [2.45, 2.75) is 45.1 Å². The monoisotopic (exact) mass is 336 g/mol. The molecule has 4 heteroatoms. The maximum absolute atomic E-state index is 13.0. The Morgan fingerprint density at radius 1 is 1.24 bits per heavy atom. The van der Waals surface area contributed by atoms with Crippen molar-refractivity contribution in [2.24, 2.45) is 0 Å². The van der Waals surface area contributed by atoms with Crippen LogP contribution >= 0.6 is 0 Å². The third-order valence-corrected chi connectivity index (χ3v) is 5.08. The summed E-state index contributed by atoms with van der Waals surface area (Å²) in [7, 11) is 0. The van der Waals surface area contributed by atoms with E-state index in [9.17, 15) is 9.59 Å². The number of ketones is 1. The summed E-state index contributed by atoms with van der Waals surface area (Å²) >= 11 is 0. The molecule has 1 aromatic heterocycles. The zero-order chi connectivity index (χ0) is 17.8. The first-order valence-corrected chi connectivity index (χ1v) is 8.87. The van der Waals surface area contributed by atoms with Crippen molar-refractivity contribution < 1.29 is 9.59 Å². The van der Waals surface area contributed by atoms with E-state index in [-0.39, 0.29) is 23.7 Å². The van der Waals surface area contributed by atoms with Gasteiger partial charge in [-0.2, -0.15) is 0 Å². The SMILES string of the molecule is Cc1cnccc1C(C)C(=O)N1CCCC1CC(=O)c1ccccc1. The highest BCUT2D eigenvalue weighted by atomic mass is 16.2. The molecule has 1 aliphatic heterocycles. The molecule has 2 aromatic rings. The molecule has 0 bridgehead atoms. The second-order valence-corrected chi connectivity index (χ2v) is 6.77. The lowest BCUT2D eigenvalue weighted by molar-refractivity contribution is -0.133. The number of Topliss-reactive ketones (excluding diaryl/α,β-unsaturated/α-hetero) is 1. The number of aromatic nitrogens is 1. The Morgan fingerprint density at radius 2 is 2.00 bits per heavy atom. The summed E-state index contributed by atoms with van der Waals surface area (Å²) in [5.41, 5.74) is 2.76. The fourth-order valence-corrected chi connectivity index (χ4v) is 3.65. The second-order valence-electron chi connectivity index (χ2n) is 6.77. The van der Waals surface area contributed by atoms with Gasteiger partial charge in [-0.1, -0.05) is 30.3 Å². The molecule has 0 radical (unpaired) electrons. The predicted molar refractivity (Wildman–Crippen MR) is 97.5 cm³/mol. The van der Waals surface area contributed by atoms with Gasteiger partial charge < -0.3 is 4.90 Å². The van der Waals surface area contributed by atoms with Crippen LogP contribution in [0.5, 0.6) is 0 Å². The van der Waals surface area contributed by atoms with Crippen LogP contribution in [0, 0.1) is 6.92 Å². The van der Waals surface area contributed by atoms with E-state index in [1.807, 2.05) is 55.1 Å². The first-order chi connectivity index (χ1) is 12.1. The topological polar surface area (TPSA) is 50.3 Å². The van der Waals surface area contributed by atoms with Gasteiger partial charge in [-0.05, 0) is 43.9 Å². The number of carbonyl (C=O) groups excluding carboxylic acids is 2. The highest BCUT2D eigenvalue weighted by Gasteiger charge is 2.33. The van der Waals surface area contributed by atoms with Crippen molar-refractivity contribution in [3.63, 3.8) is 0 Å². The van der Waals surface area contributed by atoms with Gasteiger partial charge in [0.2, 0.25) is 5.91 Å². The molecule has 2 heterocycles. The fraction of sp³-hybridized carbons (Fsp3) is 0.381. The fourth-order valence-electron chi connectivity index (χ4n) is 3.65. The average molecular weight is 336 g/mol. The molecule has 0 spiro atoms. The zero-order valence-electron chi connectivity index (χ0n) is 14.8. The predicted octanol–water partition coefficient (Wildman–Crippen LogP) is 3.76. The van der Waals surface area contributed by atoms with E-state index >= 15 is 0 Å². The van der Waals surface area contributed by atoms with Crippen LogP contribution in [0.3, 0.4) is 0 Å². The van der Waals surface area contributed by atoms with Gasteiger partial charge in [0.1, 0.15) is 0 Å². The van der Waals surface area contributed by atoms with Crippen molar-refractivity contribution in [1.82, 2.24) is 9.88 Å². The van der Waals surface area contributed by atoms with Crippen molar-refractivity contribution in [3.8, 4) is 0 Å². The number of carbonyl (C=O) groups is 2. The van der Waals surface area contributed by atoms with E-state index in [0.29, 0.717) is 6.42 Å².